The van der Waals surface area contributed by atoms with Crippen molar-refractivity contribution in [3.63, 3.8) is 0 Å². The van der Waals surface area contributed by atoms with Gasteiger partial charge in [0.25, 0.3) is 0 Å². The predicted octanol–water partition coefficient (Wildman–Crippen LogP) is 3.93. The summed E-state index contributed by atoms with van der Waals surface area (Å²) in [5.74, 6) is 2.44. The summed E-state index contributed by atoms with van der Waals surface area (Å²) in [7, 11) is 1.70. The number of nitrogens with one attached hydrogen (secondary N) is 1. The van der Waals surface area contributed by atoms with Crippen LogP contribution < -0.4 is 14.8 Å². The van der Waals surface area contributed by atoms with Gasteiger partial charge in [-0.3, -0.25) is 0 Å². The standard InChI is InChI=1S/C17H24BrNO2/c1-20-17-15(18)9-13(8-14-4-2-3-7-19-14)10-16(17)21-11-12-5-6-12/h9-10,12,14,19H,2-8,11H2,1H3. The Morgan fingerprint density at radius 1 is 1.24 bits per heavy atom. The maximum Gasteiger partial charge on any atom is 0.174 e. The molecule has 1 atom stereocenters. The van der Waals surface area contributed by atoms with Crippen molar-refractivity contribution in [3.8, 4) is 11.5 Å². The summed E-state index contributed by atoms with van der Waals surface area (Å²) >= 11 is 3.62. The van der Waals surface area contributed by atoms with Crippen LogP contribution in [-0.4, -0.2) is 26.3 Å². The Balaban J connectivity index is 1.72. The van der Waals surface area contributed by atoms with E-state index in [9.17, 15) is 0 Å². The molecule has 1 aromatic carbocycles. The van der Waals surface area contributed by atoms with Gasteiger partial charge >= 0.3 is 0 Å². The molecule has 1 saturated heterocycles. The van der Waals surface area contributed by atoms with E-state index >= 15 is 0 Å². The molecule has 1 aromatic rings. The van der Waals surface area contributed by atoms with Gasteiger partial charge in [0.15, 0.2) is 11.5 Å². The molecule has 3 rings (SSSR count). The summed E-state index contributed by atoms with van der Waals surface area (Å²) in [6, 6.07) is 4.91. The van der Waals surface area contributed by atoms with Crippen LogP contribution in [0.15, 0.2) is 16.6 Å². The summed E-state index contributed by atoms with van der Waals surface area (Å²) in [4.78, 5) is 0. The number of benzene rings is 1. The van der Waals surface area contributed by atoms with Crippen molar-refractivity contribution < 1.29 is 9.47 Å². The topological polar surface area (TPSA) is 30.5 Å². The van der Waals surface area contributed by atoms with Crippen LogP contribution in [0.3, 0.4) is 0 Å². The van der Waals surface area contributed by atoms with E-state index in [0.717, 1.165) is 41.5 Å². The van der Waals surface area contributed by atoms with Crippen LogP contribution in [0.5, 0.6) is 11.5 Å². The van der Waals surface area contributed by atoms with Gasteiger partial charge in [-0.1, -0.05) is 6.42 Å². The Hall–Kier alpha value is -0.740. The van der Waals surface area contributed by atoms with Crippen LogP contribution in [0.2, 0.25) is 0 Å². The second-order valence-electron chi connectivity index (χ2n) is 6.21. The molecular formula is C17H24BrNO2. The highest BCUT2D eigenvalue weighted by molar-refractivity contribution is 9.10. The molecule has 116 valence electrons. The summed E-state index contributed by atoms with van der Waals surface area (Å²) in [5, 5.41) is 3.61. The Labute approximate surface area is 135 Å². The van der Waals surface area contributed by atoms with Crippen molar-refractivity contribution >= 4 is 15.9 Å². The third kappa shape index (κ3) is 4.13. The normalized spacial score (nSPS) is 22.1. The number of ether oxygens (including phenoxy) is 2. The van der Waals surface area contributed by atoms with Crippen molar-refractivity contribution in [1.82, 2.24) is 5.32 Å². The van der Waals surface area contributed by atoms with Crippen LogP contribution in [0.1, 0.15) is 37.7 Å². The molecule has 1 unspecified atom stereocenters. The Morgan fingerprint density at radius 2 is 2.10 bits per heavy atom. The highest BCUT2D eigenvalue weighted by Crippen LogP contribution is 2.38. The van der Waals surface area contributed by atoms with E-state index < -0.39 is 0 Å². The van der Waals surface area contributed by atoms with Crippen molar-refractivity contribution in [2.45, 2.75) is 44.6 Å². The second kappa shape index (κ2) is 7.01. The number of methoxy groups -OCH3 is 1. The molecule has 0 radical (unpaired) electrons. The Kier molecular flexibility index (Phi) is 5.07. The largest absolute Gasteiger partial charge is 0.492 e. The Morgan fingerprint density at radius 3 is 2.76 bits per heavy atom. The quantitative estimate of drug-likeness (QED) is 0.840. The van der Waals surface area contributed by atoms with Crippen LogP contribution in [0.4, 0.5) is 0 Å². The number of hydrogen-bond acceptors (Lipinski definition) is 3. The lowest BCUT2D eigenvalue weighted by atomic mass is 9.97. The predicted molar refractivity (Wildman–Crippen MR) is 88.3 cm³/mol. The fourth-order valence-corrected chi connectivity index (χ4v) is 3.57. The highest BCUT2D eigenvalue weighted by atomic mass is 79.9. The number of hydrogen-bond donors (Lipinski definition) is 1. The average molecular weight is 354 g/mol. The number of halogens is 1. The van der Waals surface area contributed by atoms with E-state index in [1.165, 1.54) is 37.7 Å². The summed E-state index contributed by atoms with van der Waals surface area (Å²) < 4.78 is 12.5. The molecule has 1 aliphatic heterocycles. The van der Waals surface area contributed by atoms with Gasteiger partial charge in [-0.2, -0.15) is 0 Å². The van der Waals surface area contributed by atoms with Crippen molar-refractivity contribution in [2.24, 2.45) is 5.92 Å². The lowest BCUT2D eigenvalue weighted by Gasteiger charge is -2.24. The summed E-state index contributed by atoms with van der Waals surface area (Å²) in [6.07, 6.45) is 7.56. The Bertz CT molecular complexity index is 482. The highest BCUT2D eigenvalue weighted by Gasteiger charge is 2.23. The zero-order valence-electron chi connectivity index (χ0n) is 12.7. The lowest BCUT2D eigenvalue weighted by Crippen LogP contribution is -2.35. The van der Waals surface area contributed by atoms with Gasteiger partial charge < -0.3 is 14.8 Å². The lowest BCUT2D eigenvalue weighted by molar-refractivity contribution is 0.279. The maximum atomic E-state index is 5.99. The molecule has 1 heterocycles. The van der Waals surface area contributed by atoms with Gasteiger partial charge in [0, 0.05) is 6.04 Å². The van der Waals surface area contributed by atoms with E-state index in [2.05, 4.69) is 33.4 Å². The van der Waals surface area contributed by atoms with Crippen LogP contribution >= 0.6 is 15.9 Å². The zero-order valence-corrected chi connectivity index (χ0v) is 14.2. The number of piperidine rings is 1. The van der Waals surface area contributed by atoms with Gasteiger partial charge in [0.05, 0.1) is 18.2 Å². The first kappa shape index (κ1) is 15.2. The fourth-order valence-electron chi connectivity index (χ4n) is 2.92. The molecule has 1 aliphatic carbocycles. The molecule has 2 fully saturated rings. The minimum atomic E-state index is 0.593. The molecule has 1 saturated carbocycles. The van der Waals surface area contributed by atoms with Gasteiger partial charge in [-0.05, 0) is 78.2 Å². The third-order valence-corrected chi connectivity index (χ3v) is 4.93. The molecule has 3 nitrogen and oxygen atoms in total. The van der Waals surface area contributed by atoms with Crippen molar-refractivity contribution in [2.75, 3.05) is 20.3 Å². The molecule has 4 heteroatoms. The molecule has 0 amide bonds. The molecule has 0 spiro atoms. The van der Waals surface area contributed by atoms with Gasteiger partial charge in [0.1, 0.15) is 0 Å². The first-order valence-corrected chi connectivity index (χ1v) is 8.78. The smallest absolute Gasteiger partial charge is 0.174 e. The van der Waals surface area contributed by atoms with E-state index in [4.69, 9.17) is 9.47 Å². The van der Waals surface area contributed by atoms with E-state index in [1.54, 1.807) is 7.11 Å². The van der Waals surface area contributed by atoms with E-state index in [0.29, 0.717) is 6.04 Å². The van der Waals surface area contributed by atoms with Gasteiger partial charge in [-0.25, -0.2) is 0 Å². The third-order valence-electron chi connectivity index (χ3n) is 4.34. The van der Waals surface area contributed by atoms with E-state index in [-0.39, 0.29) is 0 Å². The van der Waals surface area contributed by atoms with Gasteiger partial charge in [0.2, 0.25) is 0 Å². The molecule has 1 N–H and O–H groups in total. The monoisotopic (exact) mass is 353 g/mol. The molecule has 0 bridgehead atoms. The van der Waals surface area contributed by atoms with Crippen molar-refractivity contribution in [1.29, 1.82) is 0 Å². The zero-order chi connectivity index (χ0) is 14.7. The summed E-state index contributed by atoms with van der Waals surface area (Å²) in [6.45, 7) is 1.96. The molecular weight excluding hydrogens is 330 g/mol. The van der Waals surface area contributed by atoms with Crippen LogP contribution in [-0.2, 0) is 6.42 Å². The minimum absolute atomic E-state index is 0.593. The first-order chi connectivity index (χ1) is 10.3. The second-order valence-corrected chi connectivity index (χ2v) is 7.07. The number of rotatable bonds is 6. The van der Waals surface area contributed by atoms with Crippen molar-refractivity contribution in [3.05, 3.63) is 22.2 Å². The molecule has 0 aromatic heterocycles. The van der Waals surface area contributed by atoms with Crippen LogP contribution in [0, 0.1) is 5.92 Å². The molecule has 21 heavy (non-hydrogen) atoms. The van der Waals surface area contributed by atoms with E-state index in [1.807, 2.05) is 0 Å². The maximum absolute atomic E-state index is 5.99. The molecule has 2 aliphatic rings. The summed E-state index contributed by atoms with van der Waals surface area (Å²) in [5.41, 5.74) is 1.31. The van der Waals surface area contributed by atoms with Gasteiger partial charge in [-0.15, -0.1) is 0 Å². The average Bonchev–Trinajstić information content (AvgIpc) is 3.30. The minimum Gasteiger partial charge on any atom is -0.492 e. The fraction of sp³-hybridized carbons (Fsp3) is 0.647. The SMILES string of the molecule is COc1c(Br)cc(CC2CCCCN2)cc1OCC1CC1. The van der Waals surface area contributed by atoms with Crippen LogP contribution in [0.25, 0.3) is 0 Å². The first-order valence-electron chi connectivity index (χ1n) is 7.99.